The van der Waals surface area contributed by atoms with Crippen LogP contribution in [0.2, 0.25) is 0 Å². The first kappa shape index (κ1) is 27.2. The maximum atomic E-state index is 6.17. The van der Waals surface area contributed by atoms with Gasteiger partial charge in [-0.3, -0.25) is 0 Å². The van der Waals surface area contributed by atoms with Crippen molar-refractivity contribution < 1.29 is 4.42 Å². The summed E-state index contributed by atoms with van der Waals surface area (Å²) in [7, 11) is 0. The van der Waals surface area contributed by atoms with Gasteiger partial charge in [0.2, 0.25) is 0 Å². The summed E-state index contributed by atoms with van der Waals surface area (Å²) in [6.07, 6.45) is 0. The lowest BCUT2D eigenvalue weighted by molar-refractivity contribution is 0.669. The highest BCUT2D eigenvalue weighted by atomic mass is 16.3. The molecule has 1 spiro atoms. The van der Waals surface area contributed by atoms with Gasteiger partial charge in [-0.05, 0) is 104 Å². The van der Waals surface area contributed by atoms with Crippen molar-refractivity contribution in [2.45, 2.75) is 5.41 Å². The van der Waals surface area contributed by atoms with Crippen molar-refractivity contribution in [2.75, 3.05) is 0 Å². The van der Waals surface area contributed by atoms with Crippen LogP contribution in [0.25, 0.3) is 82.8 Å². The number of benzene rings is 8. The summed E-state index contributed by atoms with van der Waals surface area (Å²) in [6.45, 7) is 0. The van der Waals surface area contributed by atoms with Crippen molar-refractivity contribution in [3.63, 3.8) is 0 Å². The molecular formula is C49H29NO. The van der Waals surface area contributed by atoms with Gasteiger partial charge < -0.3 is 8.98 Å². The van der Waals surface area contributed by atoms with Gasteiger partial charge in [-0.1, -0.05) is 127 Å². The maximum Gasteiger partial charge on any atom is 0.135 e. The molecule has 0 amide bonds. The van der Waals surface area contributed by atoms with Gasteiger partial charge in [-0.25, -0.2) is 0 Å². The van der Waals surface area contributed by atoms with E-state index in [1.807, 2.05) is 12.1 Å². The quantitative estimate of drug-likeness (QED) is 0.183. The topological polar surface area (TPSA) is 18.1 Å². The molecule has 2 heterocycles. The van der Waals surface area contributed by atoms with Crippen LogP contribution in [0.3, 0.4) is 0 Å². The highest BCUT2D eigenvalue weighted by Crippen LogP contribution is 2.63. The van der Waals surface area contributed by atoms with Crippen LogP contribution in [0, 0.1) is 0 Å². The summed E-state index contributed by atoms with van der Waals surface area (Å²) in [6, 6.07) is 64.9. The second-order valence-corrected chi connectivity index (χ2v) is 14.0. The molecule has 8 aromatic carbocycles. The van der Waals surface area contributed by atoms with E-state index in [9.17, 15) is 0 Å². The van der Waals surface area contributed by atoms with Crippen LogP contribution in [0.15, 0.2) is 180 Å². The van der Waals surface area contributed by atoms with Crippen LogP contribution < -0.4 is 0 Å². The summed E-state index contributed by atoms with van der Waals surface area (Å²) in [5, 5.41) is 4.86. The minimum Gasteiger partial charge on any atom is -0.456 e. The van der Waals surface area contributed by atoms with E-state index in [4.69, 9.17) is 4.42 Å². The van der Waals surface area contributed by atoms with Gasteiger partial charge in [-0.15, -0.1) is 0 Å². The number of fused-ring (bicyclic) bond motifs is 16. The highest BCUT2D eigenvalue weighted by Gasteiger charge is 2.51. The molecule has 2 nitrogen and oxygen atoms in total. The fraction of sp³-hybridized carbons (Fsp3) is 0.0204. The normalized spacial score (nSPS) is 15.5. The molecular weight excluding hydrogens is 619 g/mol. The molecule has 10 aromatic rings. The summed E-state index contributed by atoms with van der Waals surface area (Å²) in [4.78, 5) is 0. The van der Waals surface area contributed by atoms with E-state index in [0.29, 0.717) is 0 Å². The Morgan fingerprint density at radius 1 is 0.353 bits per heavy atom. The fourth-order valence-electron chi connectivity index (χ4n) is 9.56. The lowest BCUT2D eigenvalue weighted by Crippen LogP contribution is -2.25. The zero-order valence-corrected chi connectivity index (χ0v) is 27.6. The van der Waals surface area contributed by atoms with Crippen LogP contribution in [0.5, 0.6) is 0 Å². The zero-order chi connectivity index (χ0) is 33.3. The third-order valence-electron chi connectivity index (χ3n) is 11.6. The molecule has 0 saturated carbocycles. The Hall–Kier alpha value is -6.64. The average Bonchev–Trinajstić information content (AvgIpc) is 3.91. The third-order valence-corrected chi connectivity index (χ3v) is 11.6. The number of rotatable bonds is 2. The van der Waals surface area contributed by atoms with Gasteiger partial charge in [0.25, 0.3) is 0 Å². The highest BCUT2D eigenvalue weighted by molar-refractivity contribution is 6.10. The average molecular weight is 648 g/mol. The standard InChI is InChI=1S/C49H29NO/c1-6-16-41-33(11-1)38-27-30(31-22-26-48-40(28-31)37-15-5-10-20-47(37)51-48)21-24-43(38)49(41)42-17-7-2-12-34(42)39-29-32(23-25-44(39)49)50-45-18-8-3-13-35(45)36-14-4-9-19-46(36)50/h1-29H. The molecule has 1 unspecified atom stereocenters. The van der Waals surface area contributed by atoms with E-state index < -0.39 is 5.41 Å². The predicted octanol–water partition coefficient (Wildman–Crippen LogP) is 12.7. The number of furan rings is 1. The minimum absolute atomic E-state index is 0.402. The lowest BCUT2D eigenvalue weighted by Gasteiger charge is -2.30. The Labute approximate surface area is 294 Å². The van der Waals surface area contributed by atoms with Crippen LogP contribution in [0.4, 0.5) is 0 Å². The number of nitrogens with zero attached hydrogens (tertiary/aromatic N) is 1. The molecule has 12 rings (SSSR count). The van der Waals surface area contributed by atoms with Gasteiger partial charge in [0.15, 0.2) is 0 Å². The molecule has 0 aliphatic heterocycles. The first-order valence-corrected chi connectivity index (χ1v) is 17.7. The fourth-order valence-corrected chi connectivity index (χ4v) is 9.56. The third kappa shape index (κ3) is 3.42. The molecule has 51 heavy (non-hydrogen) atoms. The molecule has 236 valence electrons. The first-order chi connectivity index (χ1) is 25.3. The van der Waals surface area contributed by atoms with Gasteiger partial charge in [-0.2, -0.15) is 0 Å². The SMILES string of the molecule is c1ccc2c(c1)-c1cc(-c3ccc4oc5ccccc5c4c3)ccc1C21c2ccccc2-c2cc(-n3c4ccccc4c4ccccc43)ccc21. The Balaban J connectivity index is 1.09. The van der Waals surface area contributed by atoms with Gasteiger partial charge in [0.1, 0.15) is 11.2 Å². The van der Waals surface area contributed by atoms with Crippen molar-refractivity contribution in [2.24, 2.45) is 0 Å². The van der Waals surface area contributed by atoms with Crippen molar-refractivity contribution >= 4 is 43.7 Å². The van der Waals surface area contributed by atoms with Crippen LogP contribution in [-0.2, 0) is 5.41 Å². The molecule has 1 atom stereocenters. The van der Waals surface area contributed by atoms with Crippen LogP contribution in [-0.4, -0.2) is 4.57 Å². The first-order valence-electron chi connectivity index (χ1n) is 17.7. The summed E-state index contributed by atoms with van der Waals surface area (Å²) in [5.74, 6) is 0. The smallest absolute Gasteiger partial charge is 0.135 e. The lowest BCUT2D eigenvalue weighted by atomic mass is 9.70. The van der Waals surface area contributed by atoms with E-state index in [-0.39, 0.29) is 0 Å². The van der Waals surface area contributed by atoms with Gasteiger partial charge in [0, 0.05) is 27.2 Å². The Morgan fingerprint density at radius 2 is 0.863 bits per heavy atom. The summed E-state index contributed by atoms with van der Waals surface area (Å²) < 4.78 is 8.60. The largest absolute Gasteiger partial charge is 0.456 e. The Kier molecular flexibility index (Phi) is 5.20. The van der Waals surface area contributed by atoms with E-state index in [1.54, 1.807) is 0 Å². The molecule has 2 heteroatoms. The van der Waals surface area contributed by atoms with E-state index in [1.165, 1.54) is 83.1 Å². The van der Waals surface area contributed by atoms with E-state index in [2.05, 4.69) is 168 Å². The molecule has 0 N–H and O–H groups in total. The Bertz CT molecular complexity index is 3050. The van der Waals surface area contributed by atoms with Crippen molar-refractivity contribution in [1.82, 2.24) is 4.57 Å². The second kappa shape index (κ2) is 9.74. The number of hydrogen-bond acceptors (Lipinski definition) is 1. The van der Waals surface area contributed by atoms with Crippen molar-refractivity contribution in [3.8, 4) is 39.1 Å². The molecule has 2 aliphatic rings. The molecule has 2 aliphatic carbocycles. The number of aromatic nitrogens is 1. The van der Waals surface area contributed by atoms with Crippen molar-refractivity contribution in [3.05, 3.63) is 198 Å². The molecule has 0 fully saturated rings. The van der Waals surface area contributed by atoms with E-state index >= 15 is 0 Å². The summed E-state index contributed by atoms with van der Waals surface area (Å²) in [5.41, 5.74) is 18.1. The summed E-state index contributed by atoms with van der Waals surface area (Å²) >= 11 is 0. The minimum atomic E-state index is -0.402. The molecule has 0 saturated heterocycles. The van der Waals surface area contributed by atoms with Gasteiger partial charge in [0.05, 0.1) is 16.4 Å². The molecule has 0 bridgehead atoms. The maximum absolute atomic E-state index is 6.17. The van der Waals surface area contributed by atoms with Crippen molar-refractivity contribution in [1.29, 1.82) is 0 Å². The zero-order valence-electron chi connectivity index (χ0n) is 27.6. The van der Waals surface area contributed by atoms with Gasteiger partial charge >= 0.3 is 0 Å². The number of para-hydroxylation sites is 3. The Morgan fingerprint density at radius 3 is 1.59 bits per heavy atom. The molecule has 2 aromatic heterocycles. The molecule has 0 radical (unpaired) electrons. The predicted molar refractivity (Wildman–Crippen MR) is 210 cm³/mol. The van der Waals surface area contributed by atoms with E-state index in [0.717, 1.165) is 21.9 Å². The number of hydrogen-bond donors (Lipinski definition) is 0. The monoisotopic (exact) mass is 647 g/mol. The van der Waals surface area contributed by atoms with Crippen LogP contribution >= 0.6 is 0 Å². The second-order valence-electron chi connectivity index (χ2n) is 14.0. The van der Waals surface area contributed by atoms with Crippen LogP contribution in [0.1, 0.15) is 22.3 Å².